The highest BCUT2D eigenvalue weighted by molar-refractivity contribution is 8.09. The number of rotatable bonds is 13. The van der Waals surface area contributed by atoms with Crippen molar-refractivity contribution in [3.8, 4) is 0 Å². The summed E-state index contributed by atoms with van der Waals surface area (Å²) in [6, 6.07) is 0.0463. The van der Waals surface area contributed by atoms with Gasteiger partial charge < -0.3 is 24.9 Å². The summed E-state index contributed by atoms with van der Waals surface area (Å²) in [5.41, 5.74) is 0.751. The molecule has 2 N–H and O–H groups in total. The van der Waals surface area contributed by atoms with Crippen molar-refractivity contribution in [3.05, 3.63) is 45.3 Å². The van der Waals surface area contributed by atoms with Crippen LogP contribution in [-0.2, 0) is 19.1 Å². The Bertz CT molecular complexity index is 812. The minimum atomic E-state index is -0.442. The van der Waals surface area contributed by atoms with Gasteiger partial charge in [0.25, 0.3) is 5.91 Å². The first kappa shape index (κ1) is 27.2. The van der Waals surface area contributed by atoms with Gasteiger partial charge in [-0.1, -0.05) is 54.6 Å². The summed E-state index contributed by atoms with van der Waals surface area (Å²) in [6.07, 6.45) is 11.7. The number of hydrogen-bond acceptors (Lipinski definition) is 7. The van der Waals surface area contributed by atoms with E-state index in [0.717, 1.165) is 31.2 Å². The number of nitrogens with zero attached hydrogens (tertiary/aromatic N) is 1. The second-order valence-electron chi connectivity index (χ2n) is 7.46. The summed E-state index contributed by atoms with van der Waals surface area (Å²) in [4.78, 5) is 37.3. The largest absolute Gasteiger partial charge is 0.442 e. The van der Waals surface area contributed by atoms with E-state index in [1.165, 1.54) is 11.8 Å². The van der Waals surface area contributed by atoms with Gasteiger partial charge in [0.05, 0.1) is 29.0 Å². The Labute approximate surface area is 204 Å². The lowest BCUT2D eigenvalue weighted by Crippen LogP contribution is -2.34. The van der Waals surface area contributed by atoms with Gasteiger partial charge in [-0.2, -0.15) is 0 Å². The van der Waals surface area contributed by atoms with Crippen molar-refractivity contribution in [1.29, 1.82) is 0 Å². The zero-order chi connectivity index (χ0) is 24.1. The van der Waals surface area contributed by atoms with E-state index in [-0.39, 0.29) is 25.1 Å². The van der Waals surface area contributed by atoms with Crippen molar-refractivity contribution in [3.63, 3.8) is 0 Å². The smallest absolute Gasteiger partial charge is 0.414 e. The van der Waals surface area contributed by atoms with Crippen molar-refractivity contribution in [2.24, 2.45) is 0 Å². The molecule has 0 radical (unpaired) electrons. The molecule has 2 rings (SSSR count). The zero-order valence-corrected chi connectivity index (χ0v) is 20.6. The molecule has 0 saturated carbocycles. The van der Waals surface area contributed by atoms with Crippen LogP contribution in [0.5, 0.6) is 0 Å². The third-order valence-electron chi connectivity index (χ3n) is 4.78. The molecular formula is C23H32ClN3O5S. The molecule has 182 valence electrons. The molecule has 1 saturated heterocycles. The highest BCUT2D eigenvalue weighted by atomic mass is 35.5. The Morgan fingerprint density at radius 2 is 2.21 bits per heavy atom. The molecule has 0 bridgehead atoms. The van der Waals surface area contributed by atoms with Crippen LogP contribution >= 0.6 is 23.4 Å². The summed E-state index contributed by atoms with van der Waals surface area (Å²) >= 11 is 7.32. The summed E-state index contributed by atoms with van der Waals surface area (Å²) in [7, 11) is 0. The molecule has 2 unspecified atom stereocenters. The van der Waals surface area contributed by atoms with Crippen LogP contribution in [-0.4, -0.2) is 68.2 Å². The highest BCUT2D eigenvalue weighted by Crippen LogP contribution is 2.32. The lowest BCUT2D eigenvalue weighted by Gasteiger charge is -2.16. The van der Waals surface area contributed by atoms with Gasteiger partial charge in [-0.15, -0.1) is 0 Å². The summed E-state index contributed by atoms with van der Waals surface area (Å²) < 4.78 is 11.2. The van der Waals surface area contributed by atoms with Crippen LogP contribution in [0.25, 0.3) is 0 Å². The SMILES string of the molecule is CC/C=C(\C=C/C(C)NCCOCC=O)N1CC(CNC(=O)C2=CCCC=C(Cl)S2)OC1=O. The van der Waals surface area contributed by atoms with Crippen molar-refractivity contribution in [2.75, 3.05) is 32.8 Å². The van der Waals surface area contributed by atoms with Crippen LogP contribution in [0.2, 0.25) is 0 Å². The fraction of sp³-hybridized carbons (Fsp3) is 0.522. The number of carbonyl (C=O) groups excluding carboxylic acids is 3. The molecular weight excluding hydrogens is 466 g/mol. The number of aldehydes is 1. The van der Waals surface area contributed by atoms with Gasteiger partial charge in [-0.05, 0) is 32.3 Å². The fourth-order valence-corrected chi connectivity index (χ4v) is 4.29. The van der Waals surface area contributed by atoms with Crippen LogP contribution < -0.4 is 10.6 Å². The molecule has 2 aliphatic rings. The molecule has 0 aromatic carbocycles. The van der Waals surface area contributed by atoms with Gasteiger partial charge in [0.15, 0.2) is 0 Å². The Balaban J connectivity index is 1.85. The van der Waals surface area contributed by atoms with Crippen molar-refractivity contribution >= 4 is 41.6 Å². The maximum atomic E-state index is 12.5. The first-order chi connectivity index (χ1) is 15.9. The Hall–Kier alpha value is -2.07. The molecule has 2 amide bonds. The number of allylic oxidation sites excluding steroid dienone is 4. The molecule has 33 heavy (non-hydrogen) atoms. The number of ether oxygens (including phenoxy) is 2. The Morgan fingerprint density at radius 3 is 2.97 bits per heavy atom. The van der Waals surface area contributed by atoms with Gasteiger partial charge in [0.2, 0.25) is 0 Å². The van der Waals surface area contributed by atoms with Gasteiger partial charge in [0, 0.05) is 18.3 Å². The third kappa shape index (κ3) is 9.75. The van der Waals surface area contributed by atoms with E-state index in [2.05, 4.69) is 10.6 Å². The third-order valence-corrected chi connectivity index (χ3v) is 6.10. The fourth-order valence-electron chi connectivity index (χ4n) is 3.15. The van der Waals surface area contributed by atoms with E-state index in [9.17, 15) is 14.4 Å². The topological polar surface area (TPSA) is 97.0 Å². The van der Waals surface area contributed by atoms with Crippen LogP contribution in [0, 0.1) is 0 Å². The molecule has 2 heterocycles. The standard InChI is InChI=1S/C23H32ClN3O5S/c1-3-6-18(10-9-17(2)25-11-13-31-14-12-28)27-16-19(32-23(27)30)15-26-22(29)20-7-4-5-8-21(24)33-20/h6-10,12,17,19,25H,3-5,11,13-16H2,1-2H3,(H,26,29)/b10-9-,18-6+. The quantitative estimate of drug-likeness (QED) is 0.228. The Kier molecular flexibility index (Phi) is 12.3. The molecule has 0 aromatic heterocycles. The van der Waals surface area contributed by atoms with E-state index in [4.69, 9.17) is 21.1 Å². The summed E-state index contributed by atoms with van der Waals surface area (Å²) in [5.74, 6) is -0.218. The predicted octanol–water partition coefficient (Wildman–Crippen LogP) is 3.46. The van der Waals surface area contributed by atoms with Crippen molar-refractivity contribution < 1.29 is 23.9 Å². The van der Waals surface area contributed by atoms with E-state index in [0.29, 0.717) is 29.0 Å². The summed E-state index contributed by atoms with van der Waals surface area (Å²) in [6.45, 7) is 5.70. The van der Waals surface area contributed by atoms with Crippen LogP contribution in [0.1, 0.15) is 33.1 Å². The molecule has 2 aliphatic heterocycles. The zero-order valence-electron chi connectivity index (χ0n) is 19.1. The van der Waals surface area contributed by atoms with E-state index >= 15 is 0 Å². The lowest BCUT2D eigenvalue weighted by molar-refractivity contribution is -0.117. The molecule has 0 aliphatic carbocycles. The molecule has 0 aromatic rings. The van der Waals surface area contributed by atoms with Crippen LogP contribution in [0.3, 0.4) is 0 Å². The highest BCUT2D eigenvalue weighted by Gasteiger charge is 2.33. The summed E-state index contributed by atoms with van der Waals surface area (Å²) in [5, 5.41) is 6.11. The number of cyclic esters (lactones) is 1. The molecule has 8 nitrogen and oxygen atoms in total. The number of amides is 2. The van der Waals surface area contributed by atoms with Crippen LogP contribution in [0.4, 0.5) is 4.79 Å². The monoisotopic (exact) mass is 497 g/mol. The normalized spacial score (nSPS) is 20.2. The first-order valence-electron chi connectivity index (χ1n) is 11.1. The number of carbonyl (C=O) groups is 3. The lowest BCUT2D eigenvalue weighted by atomic mass is 10.2. The van der Waals surface area contributed by atoms with Crippen molar-refractivity contribution in [2.45, 2.75) is 45.3 Å². The Morgan fingerprint density at radius 1 is 1.42 bits per heavy atom. The van der Waals surface area contributed by atoms with Gasteiger partial charge in [-0.25, -0.2) is 4.79 Å². The maximum absolute atomic E-state index is 12.5. The van der Waals surface area contributed by atoms with Gasteiger partial charge >= 0.3 is 6.09 Å². The first-order valence-corrected chi connectivity index (χ1v) is 12.3. The minimum Gasteiger partial charge on any atom is -0.442 e. The van der Waals surface area contributed by atoms with Gasteiger partial charge in [0.1, 0.15) is 19.0 Å². The molecule has 1 fully saturated rings. The van der Waals surface area contributed by atoms with Gasteiger partial charge in [-0.3, -0.25) is 9.69 Å². The second kappa shape index (κ2) is 15.0. The molecule has 0 spiro atoms. The number of hydrogen-bond donors (Lipinski definition) is 2. The van der Waals surface area contributed by atoms with E-state index in [1.54, 1.807) is 4.90 Å². The number of halogens is 1. The van der Waals surface area contributed by atoms with Crippen molar-refractivity contribution in [1.82, 2.24) is 15.5 Å². The predicted molar refractivity (Wildman–Crippen MR) is 131 cm³/mol. The number of thioether (sulfide) groups is 1. The van der Waals surface area contributed by atoms with E-state index < -0.39 is 12.2 Å². The maximum Gasteiger partial charge on any atom is 0.414 e. The average Bonchev–Trinajstić information content (AvgIpc) is 3.02. The molecule has 10 heteroatoms. The van der Waals surface area contributed by atoms with E-state index in [1.807, 2.05) is 44.2 Å². The van der Waals surface area contributed by atoms with Crippen LogP contribution in [0.15, 0.2) is 45.3 Å². The molecule has 2 atom stereocenters. The average molecular weight is 498 g/mol. The second-order valence-corrected chi connectivity index (χ2v) is 9.18. The number of nitrogens with one attached hydrogen (secondary N) is 2. The minimum absolute atomic E-state index is 0.0463.